The predicted octanol–water partition coefficient (Wildman–Crippen LogP) is 2.84. The molecule has 1 fully saturated rings. The molecule has 1 saturated heterocycles. The van der Waals surface area contributed by atoms with E-state index in [9.17, 15) is 0 Å². The highest BCUT2D eigenvalue weighted by Crippen LogP contribution is 2.22. The Morgan fingerprint density at radius 2 is 2.00 bits per heavy atom. The smallest absolute Gasteiger partial charge is 0.115 e. The molecule has 108 valence electrons. The van der Waals surface area contributed by atoms with Gasteiger partial charge in [-0.05, 0) is 43.9 Å². The third-order valence-corrected chi connectivity index (χ3v) is 4.35. The second-order valence-corrected chi connectivity index (χ2v) is 5.82. The molecule has 0 saturated carbocycles. The minimum Gasteiger partial charge on any atom is -0.493 e. The lowest BCUT2D eigenvalue weighted by Gasteiger charge is -2.31. The molecule has 3 heteroatoms. The van der Waals surface area contributed by atoms with Gasteiger partial charge in [0.05, 0.1) is 0 Å². The third kappa shape index (κ3) is 4.36. The highest BCUT2D eigenvalue weighted by atomic mass is 16.5. The fourth-order valence-corrected chi connectivity index (χ4v) is 2.60. The van der Waals surface area contributed by atoms with Crippen LogP contribution in [0.15, 0.2) is 24.0 Å². The molecule has 0 amide bonds. The maximum atomic E-state index is 5.86. The lowest BCUT2D eigenvalue weighted by molar-refractivity contribution is 0.0360. The average molecular weight is 265 g/mol. The zero-order chi connectivity index (χ0) is 13.7. The van der Waals surface area contributed by atoms with E-state index in [4.69, 9.17) is 9.47 Å². The largest absolute Gasteiger partial charge is 0.493 e. The number of rotatable bonds is 5. The maximum Gasteiger partial charge on any atom is 0.115 e. The average Bonchev–Trinajstić information content (AvgIpc) is 2.43. The molecule has 1 aliphatic heterocycles. The summed E-state index contributed by atoms with van der Waals surface area (Å²) in [4.78, 5) is 2.40. The SMILES string of the molecule is C[C@@H]1C=C(OCCN(C)C2CCOCC2)C=C[C@@H]1C. The Kier molecular flexibility index (Phi) is 5.46. The van der Waals surface area contributed by atoms with Crippen LogP contribution in [-0.2, 0) is 9.47 Å². The standard InChI is InChI=1S/C16H27NO2/c1-13-4-5-16(12-14(13)2)19-11-8-17(3)15-6-9-18-10-7-15/h4-5,12-15H,6-11H2,1-3H3/t13-,14+/m0/s1. The summed E-state index contributed by atoms with van der Waals surface area (Å²) in [7, 11) is 2.19. The van der Waals surface area contributed by atoms with Crippen LogP contribution in [0.2, 0.25) is 0 Å². The van der Waals surface area contributed by atoms with Gasteiger partial charge in [-0.15, -0.1) is 0 Å². The van der Waals surface area contributed by atoms with Crippen molar-refractivity contribution >= 4 is 0 Å². The molecule has 1 heterocycles. The first-order chi connectivity index (χ1) is 9.16. The van der Waals surface area contributed by atoms with Crippen molar-refractivity contribution in [3.05, 3.63) is 24.0 Å². The Labute approximate surface area is 117 Å². The Morgan fingerprint density at radius 1 is 1.26 bits per heavy atom. The van der Waals surface area contributed by atoms with Crippen LogP contribution in [0.5, 0.6) is 0 Å². The van der Waals surface area contributed by atoms with E-state index in [0.29, 0.717) is 17.9 Å². The summed E-state index contributed by atoms with van der Waals surface area (Å²) in [5.74, 6) is 2.23. The lowest BCUT2D eigenvalue weighted by Crippen LogP contribution is -2.38. The van der Waals surface area contributed by atoms with Gasteiger partial charge < -0.3 is 9.47 Å². The monoisotopic (exact) mass is 265 g/mol. The summed E-state index contributed by atoms with van der Waals surface area (Å²) >= 11 is 0. The molecular formula is C16H27NO2. The minimum absolute atomic E-state index is 0.577. The first-order valence-electron chi connectivity index (χ1n) is 7.47. The van der Waals surface area contributed by atoms with E-state index in [1.165, 1.54) is 0 Å². The molecule has 0 spiro atoms. The van der Waals surface area contributed by atoms with Gasteiger partial charge >= 0.3 is 0 Å². The fourth-order valence-electron chi connectivity index (χ4n) is 2.60. The minimum atomic E-state index is 0.577. The fraction of sp³-hybridized carbons (Fsp3) is 0.750. The molecule has 19 heavy (non-hydrogen) atoms. The van der Waals surface area contributed by atoms with Crippen LogP contribution in [0.1, 0.15) is 26.7 Å². The van der Waals surface area contributed by atoms with Crippen LogP contribution >= 0.6 is 0 Å². The summed E-state index contributed by atoms with van der Waals surface area (Å²) in [6.45, 7) is 8.04. The second-order valence-electron chi connectivity index (χ2n) is 5.82. The molecule has 2 atom stereocenters. The number of allylic oxidation sites excluding steroid dienone is 3. The van der Waals surface area contributed by atoms with E-state index in [2.05, 4.69) is 44.0 Å². The lowest BCUT2D eigenvalue weighted by atomic mass is 9.91. The van der Waals surface area contributed by atoms with Crippen LogP contribution in [0.3, 0.4) is 0 Å². The zero-order valence-electron chi connectivity index (χ0n) is 12.5. The Morgan fingerprint density at radius 3 is 2.68 bits per heavy atom. The number of ether oxygens (including phenoxy) is 2. The third-order valence-electron chi connectivity index (χ3n) is 4.35. The van der Waals surface area contributed by atoms with Crippen molar-refractivity contribution in [3.63, 3.8) is 0 Å². The molecule has 0 aromatic carbocycles. The van der Waals surface area contributed by atoms with Crippen molar-refractivity contribution < 1.29 is 9.47 Å². The van der Waals surface area contributed by atoms with E-state index in [1.807, 2.05) is 0 Å². The second kappa shape index (κ2) is 7.11. The van der Waals surface area contributed by atoms with E-state index in [0.717, 1.165) is 45.0 Å². The van der Waals surface area contributed by atoms with Crippen molar-refractivity contribution in [2.45, 2.75) is 32.7 Å². The molecule has 1 aliphatic carbocycles. The number of likely N-dealkylation sites (N-methyl/N-ethyl adjacent to an activating group) is 1. The van der Waals surface area contributed by atoms with Crippen LogP contribution in [0.25, 0.3) is 0 Å². The topological polar surface area (TPSA) is 21.7 Å². The number of hydrogen-bond acceptors (Lipinski definition) is 3. The molecular weight excluding hydrogens is 238 g/mol. The van der Waals surface area contributed by atoms with Gasteiger partial charge in [-0.1, -0.05) is 19.9 Å². The van der Waals surface area contributed by atoms with E-state index < -0.39 is 0 Å². The van der Waals surface area contributed by atoms with Gasteiger partial charge in [0.25, 0.3) is 0 Å². The normalized spacial score (nSPS) is 28.5. The number of hydrogen-bond donors (Lipinski definition) is 0. The Balaban J connectivity index is 1.68. The molecule has 0 bridgehead atoms. The molecule has 0 aromatic rings. The van der Waals surface area contributed by atoms with Crippen molar-refractivity contribution in [3.8, 4) is 0 Å². The summed E-state index contributed by atoms with van der Waals surface area (Å²) in [5.41, 5.74) is 0. The molecule has 0 N–H and O–H groups in total. The van der Waals surface area contributed by atoms with Gasteiger partial charge in [0, 0.05) is 25.8 Å². The first-order valence-corrected chi connectivity index (χ1v) is 7.47. The van der Waals surface area contributed by atoms with Crippen LogP contribution < -0.4 is 0 Å². The number of nitrogens with zero attached hydrogens (tertiary/aromatic N) is 1. The molecule has 0 radical (unpaired) electrons. The van der Waals surface area contributed by atoms with Crippen LogP contribution in [0, 0.1) is 11.8 Å². The van der Waals surface area contributed by atoms with Crippen molar-refractivity contribution in [1.82, 2.24) is 4.90 Å². The van der Waals surface area contributed by atoms with Gasteiger partial charge in [0.1, 0.15) is 12.4 Å². The summed E-state index contributed by atoms with van der Waals surface area (Å²) < 4.78 is 11.3. The predicted molar refractivity (Wildman–Crippen MR) is 78.0 cm³/mol. The van der Waals surface area contributed by atoms with Crippen molar-refractivity contribution in [1.29, 1.82) is 0 Å². The van der Waals surface area contributed by atoms with Crippen molar-refractivity contribution in [2.75, 3.05) is 33.4 Å². The highest BCUT2D eigenvalue weighted by Gasteiger charge is 2.18. The van der Waals surface area contributed by atoms with Gasteiger partial charge in [0.2, 0.25) is 0 Å². The Bertz CT molecular complexity index is 332. The molecule has 2 rings (SSSR count). The van der Waals surface area contributed by atoms with Gasteiger partial charge in [-0.3, -0.25) is 4.90 Å². The highest BCUT2D eigenvalue weighted by molar-refractivity contribution is 5.19. The zero-order valence-corrected chi connectivity index (χ0v) is 12.5. The molecule has 0 aromatic heterocycles. The maximum absolute atomic E-state index is 5.86. The summed E-state index contributed by atoms with van der Waals surface area (Å²) in [6, 6.07) is 0.659. The van der Waals surface area contributed by atoms with Crippen molar-refractivity contribution in [2.24, 2.45) is 11.8 Å². The quantitative estimate of drug-likeness (QED) is 0.763. The van der Waals surface area contributed by atoms with E-state index in [1.54, 1.807) is 0 Å². The van der Waals surface area contributed by atoms with Crippen LogP contribution in [0.4, 0.5) is 0 Å². The Hall–Kier alpha value is -0.800. The summed E-state index contributed by atoms with van der Waals surface area (Å²) in [5, 5.41) is 0. The first kappa shape index (κ1) is 14.6. The van der Waals surface area contributed by atoms with Crippen LogP contribution in [-0.4, -0.2) is 44.4 Å². The van der Waals surface area contributed by atoms with Gasteiger partial charge in [-0.2, -0.15) is 0 Å². The van der Waals surface area contributed by atoms with Gasteiger partial charge in [0.15, 0.2) is 0 Å². The van der Waals surface area contributed by atoms with Gasteiger partial charge in [-0.25, -0.2) is 0 Å². The molecule has 3 nitrogen and oxygen atoms in total. The molecule has 2 aliphatic rings. The van der Waals surface area contributed by atoms with E-state index in [-0.39, 0.29) is 0 Å². The summed E-state index contributed by atoms with van der Waals surface area (Å²) in [6.07, 6.45) is 8.88. The van der Waals surface area contributed by atoms with E-state index >= 15 is 0 Å². The molecule has 0 unspecified atom stereocenters.